The normalized spacial score (nSPS) is 26.4. The van der Waals surface area contributed by atoms with E-state index in [0.717, 1.165) is 23.7 Å². The number of benzene rings is 6. The summed E-state index contributed by atoms with van der Waals surface area (Å²) in [7, 11) is 0. The second-order valence-corrected chi connectivity index (χ2v) is 17.2. The maximum absolute atomic E-state index is 2.67. The van der Waals surface area contributed by atoms with E-state index in [9.17, 15) is 0 Å². The lowest BCUT2D eigenvalue weighted by atomic mass is 9.54. The predicted molar refractivity (Wildman–Crippen MR) is 215 cm³/mol. The highest BCUT2D eigenvalue weighted by Crippen LogP contribution is 2.70. The van der Waals surface area contributed by atoms with Crippen molar-refractivity contribution in [2.24, 2.45) is 23.7 Å². The Bertz CT molecular complexity index is 2390. The molecule has 6 aliphatic rings. The highest BCUT2D eigenvalue weighted by molar-refractivity contribution is 5.89. The molecule has 3 bridgehead atoms. The van der Waals surface area contributed by atoms with E-state index in [1.165, 1.54) is 108 Å². The Morgan fingerprint density at radius 3 is 1.83 bits per heavy atom. The summed E-state index contributed by atoms with van der Waals surface area (Å²) in [6, 6.07) is 54.1. The molecular formula is C51H45N. The second kappa shape index (κ2) is 10.8. The molecule has 0 saturated heterocycles. The van der Waals surface area contributed by atoms with Crippen LogP contribution in [0.2, 0.25) is 0 Å². The fourth-order valence-electron chi connectivity index (χ4n) is 13.2. The summed E-state index contributed by atoms with van der Waals surface area (Å²) >= 11 is 0. The van der Waals surface area contributed by atoms with Crippen molar-refractivity contribution in [1.29, 1.82) is 0 Å². The first kappa shape index (κ1) is 29.7. The molecule has 5 atom stereocenters. The van der Waals surface area contributed by atoms with Crippen LogP contribution in [0, 0.1) is 23.7 Å². The van der Waals surface area contributed by atoms with Crippen molar-refractivity contribution >= 4 is 17.1 Å². The molecule has 1 heteroatoms. The van der Waals surface area contributed by atoms with Crippen molar-refractivity contribution in [3.63, 3.8) is 0 Å². The lowest BCUT2D eigenvalue weighted by molar-refractivity contribution is 0.106. The molecule has 5 unspecified atom stereocenters. The number of nitrogens with zero attached hydrogens (tertiary/aromatic N) is 1. The van der Waals surface area contributed by atoms with Crippen LogP contribution in [0.4, 0.5) is 17.1 Å². The van der Waals surface area contributed by atoms with Gasteiger partial charge in [-0.15, -0.1) is 0 Å². The van der Waals surface area contributed by atoms with Crippen molar-refractivity contribution in [3.8, 4) is 33.4 Å². The Morgan fingerprint density at radius 2 is 1.02 bits per heavy atom. The Hall–Kier alpha value is -4.88. The molecule has 12 rings (SSSR count). The zero-order valence-electron chi connectivity index (χ0n) is 29.9. The first-order chi connectivity index (χ1) is 25.7. The van der Waals surface area contributed by atoms with E-state index in [4.69, 9.17) is 0 Å². The quantitative estimate of drug-likeness (QED) is 0.180. The summed E-state index contributed by atoms with van der Waals surface area (Å²) in [6.45, 7) is 0. The first-order valence-electron chi connectivity index (χ1n) is 20.2. The van der Waals surface area contributed by atoms with Crippen LogP contribution < -0.4 is 4.90 Å². The molecular weight excluding hydrogens is 627 g/mol. The number of anilines is 3. The number of fused-ring (bicyclic) bond motifs is 14. The van der Waals surface area contributed by atoms with Gasteiger partial charge in [-0.25, -0.2) is 0 Å². The molecule has 0 aromatic heterocycles. The highest BCUT2D eigenvalue weighted by Gasteiger charge is 2.62. The van der Waals surface area contributed by atoms with Crippen molar-refractivity contribution in [2.45, 2.75) is 68.6 Å². The highest BCUT2D eigenvalue weighted by atomic mass is 15.1. The zero-order chi connectivity index (χ0) is 34.0. The van der Waals surface area contributed by atoms with Gasteiger partial charge >= 0.3 is 0 Å². The molecule has 254 valence electrons. The summed E-state index contributed by atoms with van der Waals surface area (Å²) in [4.78, 5) is 2.60. The first-order valence-corrected chi connectivity index (χ1v) is 20.2. The molecule has 0 radical (unpaired) electrons. The topological polar surface area (TPSA) is 3.24 Å². The van der Waals surface area contributed by atoms with Crippen LogP contribution in [-0.4, -0.2) is 0 Å². The third-order valence-electron chi connectivity index (χ3n) is 15.2. The predicted octanol–water partition coefficient (Wildman–Crippen LogP) is 13.4. The smallest absolute Gasteiger partial charge is 0.0467 e. The molecule has 4 saturated carbocycles. The third-order valence-corrected chi connectivity index (χ3v) is 15.2. The zero-order valence-corrected chi connectivity index (χ0v) is 29.9. The van der Waals surface area contributed by atoms with Gasteiger partial charge in [-0.3, -0.25) is 0 Å². The molecule has 6 aromatic rings. The van der Waals surface area contributed by atoms with Gasteiger partial charge in [0.25, 0.3) is 0 Å². The molecule has 4 fully saturated rings. The summed E-state index contributed by atoms with van der Waals surface area (Å²) in [5.41, 5.74) is 18.8. The van der Waals surface area contributed by atoms with Crippen molar-refractivity contribution in [3.05, 3.63) is 162 Å². The summed E-state index contributed by atoms with van der Waals surface area (Å²) in [6.07, 6.45) is 12.1. The van der Waals surface area contributed by atoms with Crippen LogP contribution in [-0.2, 0) is 10.8 Å². The third kappa shape index (κ3) is 3.85. The lowest BCUT2D eigenvalue weighted by Gasteiger charge is -2.49. The van der Waals surface area contributed by atoms with Gasteiger partial charge in [0, 0.05) is 27.9 Å². The van der Waals surface area contributed by atoms with Gasteiger partial charge < -0.3 is 4.90 Å². The van der Waals surface area contributed by atoms with Gasteiger partial charge in [0.15, 0.2) is 0 Å². The van der Waals surface area contributed by atoms with Crippen LogP contribution in [0.3, 0.4) is 0 Å². The summed E-state index contributed by atoms with van der Waals surface area (Å²) in [5, 5.41) is 0. The van der Waals surface area contributed by atoms with E-state index in [0.29, 0.717) is 0 Å². The van der Waals surface area contributed by atoms with Gasteiger partial charge in [-0.1, -0.05) is 116 Å². The molecule has 6 aromatic carbocycles. The summed E-state index contributed by atoms with van der Waals surface area (Å²) in [5.74, 6) is 3.38. The maximum atomic E-state index is 2.67. The molecule has 0 N–H and O–H groups in total. The molecule has 1 nitrogen and oxygen atoms in total. The molecule has 52 heavy (non-hydrogen) atoms. The molecule has 2 spiro atoms. The van der Waals surface area contributed by atoms with Crippen molar-refractivity contribution in [1.82, 2.24) is 0 Å². The fourth-order valence-corrected chi connectivity index (χ4v) is 13.2. The average Bonchev–Trinajstić information content (AvgIpc) is 3.95. The Labute approximate surface area is 308 Å². The van der Waals surface area contributed by atoms with Crippen molar-refractivity contribution < 1.29 is 0 Å². The Kier molecular flexibility index (Phi) is 6.18. The van der Waals surface area contributed by atoms with Crippen LogP contribution in [0.25, 0.3) is 33.4 Å². The molecule has 0 amide bonds. The van der Waals surface area contributed by atoms with Gasteiger partial charge in [-0.05, 0) is 161 Å². The molecule has 6 aliphatic carbocycles. The van der Waals surface area contributed by atoms with Crippen LogP contribution >= 0.6 is 0 Å². The van der Waals surface area contributed by atoms with E-state index >= 15 is 0 Å². The summed E-state index contributed by atoms with van der Waals surface area (Å²) < 4.78 is 0. The van der Waals surface area contributed by atoms with Crippen molar-refractivity contribution in [2.75, 3.05) is 4.90 Å². The van der Waals surface area contributed by atoms with E-state index in [1.807, 2.05) is 0 Å². The van der Waals surface area contributed by atoms with Gasteiger partial charge in [-0.2, -0.15) is 0 Å². The van der Waals surface area contributed by atoms with E-state index in [2.05, 4.69) is 144 Å². The Balaban J connectivity index is 1.08. The molecule has 0 aliphatic heterocycles. The van der Waals surface area contributed by atoms with Gasteiger partial charge in [0.1, 0.15) is 0 Å². The number of hydrogen-bond acceptors (Lipinski definition) is 1. The minimum Gasteiger partial charge on any atom is -0.310 e. The monoisotopic (exact) mass is 671 g/mol. The maximum Gasteiger partial charge on any atom is 0.0467 e. The second-order valence-electron chi connectivity index (χ2n) is 17.2. The minimum absolute atomic E-state index is 0.128. The van der Waals surface area contributed by atoms with Crippen LogP contribution in [0.1, 0.15) is 80.0 Å². The number of hydrogen-bond donors (Lipinski definition) is 0. The van der Waals surface area contributed by atoms with Crippen LogP contribution in [0.5, 0.6) is 0 Å². The Morgan fingerprint density at radius 1 is 0.423 bits per heavy atom. The number of rotatable bonds is 4. The van der Waals surface area contributed by atoms with Gasteiger partial charge in [0.05, 0.1) is 0 Å². The standard InChI is InChI=1S/C51H45N/c1-2-11-33(12-3-1)34-13-10-14-39(30-34)52(40-21-23-44-42-15-4-6-17-46(42)50(48(44)31-40)25-8-9-26-50)41-22-24-45-43-16-5-7-18-47(43)51(49(45)32-41)37-20-19-35-27-38(51)29-36(35)28-37/h1-7,10-18,21-24,30-32,35-38H,8-9,19-20,25-29H2. The minimum atomic E-state index is 0.128. The SMILES string of the molecule is c1ccc(-c2cccc(N(c3ccc4c(c3)C3(CCCC3)c3ccccc3-4)c3ccc4c(c3)C3(c5ccccc5-4)C4CCC5CC3CC5C4)c2)cc1. The largest absolute Gasteiger partial charge is 0.310 e. The van der Waals surface area contributed by atoms with Gasteiger partial charge in [0.2, 0.25) is 0 Å². The molecule has 0 heterocycles. The average molecular weight is 672 g/mol. The van der Waals surface area contributed by atoms with E-state index < -0.39 is 0 Å². The van der Waals surface area contributed by atoms with E-state index in [1.54, 1.807) is 22.3 Å². The van der Waals surface area contributed by atoms with E-state index in [-0.39, 0.29) is 10.8 Å². The lowest BCUT2D eigenvalue weighted by Crippen LogP contribution is -2.45. The van der Waals surface area contributed by atoms with Crippen LogP contribution in [0.15, 0.2) is 140 Å². The fraction of sp³-hybridized carbons (Fsp3) is 0.294.